The minimum absolute atomic E-state index is 0.186. The number of carbonyl (C=O) groups excluding carboxylic acids is 1. The number of carbonyl (C=O) groups is 1. The minimum Gasteiger partial charge on any atom is -0.352 e. The fourth-order valence-electron chi connectivity index (χ4n) is 1.61. The SMILES string of the molecule is CCCNC(=O)c1cnc(Nc2cc(Cl)cc(Cl)c2)nc1. The largest absolute Gasteiger partial charge is 0.352 e. The second kappa shape index (κ2) is 7.24. The summed E-state index contributed by atoms with van der Waals surface area (Å²) in [5, 5.41) is 6.76. The zero-order valence-corrected chi connectivity index (χ0v) is 12.9. The van der Waals surface area contributed by atoms with E-state index >= 15 is 0 Å². The average molecular weight is 325 g/mol. The smallest absolute Gasteiger partial charge is 0.254 e. The van der Waals surface area contributed by atoms with Crippen LogP contribution in [0.2, 0.25) is 10.0 Å². The Morgan fingerprint density at radius 3 is 2.33 bits per heavy atom. The lowest BCUT2D eigenvalue weighted by molar-refractivity contribution is 0.0953. The quantitative estimate of drug-likeness (QED) is 0.880. The van der Waals surface area contributed by atoms with Crippen molar-refractivity contribution in [3.8, 4) is 0 Å². The average Bonchev–Trinajstić information content (AvgIpc) is 2.44. The van der Waals surface area contributed by atoms with Crippen molar-refractivity contribution in [2.24, 2.45) is 0 Å². The Bertz CT molecular complexity index is 611. The summed E-state index contributed by atoms with van der Waals surface area (Å²) in [7, 11) is 0. The first-order valence-corrected chi connectivity index (χ1v) is 7.17. The number of nitrogens with one attached hydrogen (secondary N) is 2. The highest BCUT2D eigenvalue weighted by atomic mass is 35.5. The molecule has 1 heterocycles. The van der Waals surface area contributed by atoms with Crippen molar-refractivity contribution in [2.45, 2.75) is 13.3 Å². The molecule has 0 aliphatic rings. The summed E-state index contributed by atoms with van der Waals surface area (Å²) in [6, 6.07) is 5.05. The molecule has 2 aromatic rings. The highest BCUT2D eigenvalue weighted by Gasteiger charge is 2.06. The van der Waals surface area contributed by atoms with E-state index < -0.39 is 0 Å². The van der Waals surface area contributed by atoms with Gasteiger partial charge in [-0.05, 0) is 24.6 Å². The van der Waals surface area contributed by atoms with Gasteiger partial charge in [-0.25, -0.2) is 9.97 Å². The molecule has 0 atom stereocenters. The number of nitrogens with zero attached hydrogens (tertiary/aromatic N) is 2. The van der Waals surface area contributed by atoms with Crippen LogP contribution in [-0.4, -0.2) is 22.4 Å². The topological polar surface area (TPSA) is 66.9 Å². The molecule has 7 heteroatoms. The number of benzene rings is 1. The molecule has 0 saturated carbocycles. The van der Waals surface area contributed by atoms with Crippen molar-refractivity contribution in [1.82, 2.24) is 15.3 Å². The molecule has 0 aliphatic heterocycles. The minimum atomic E-state index is -0.186. The Hall–Kier alpha value is -1.85. The van der Waals surface area contributed by atoms with E-state index in [2.05, 4.69) is 20.6 Å². The molecule has 0 spiro atoms. The number of aromatic nitrogens is 2. The third kappa shape index (κ3) is 4.58. The van der Waals surface area contributed by atoms with Gasteiger partial charge in [0.25, 0.3) is 5.91 Å². The molecule has 21 heavy (non-hydrogen) atoms. The van der Waals surface area contributed by atoms with Gasteiger partial charge in [0.2, 0.25) is 5.95 Å². The third-order valence-corrected chi connectivity index (χ3v) is 3.00. The number of anilines is 2. The first-order valence-electron chi connectivity index (χ1n) is 6.42. The van der Waals surface area contributed by atoms with Gasteiger partial charge in [-0.15, -0.1) is 0 Å². The second-order valence-electron chi connectivity index (χ2n) is 4.33. The van der Waals surface area contributed by atoms with E-state index in [1.54, 1.807) is 18.2 Å². The van der Waals surface area contributed by atoms with Gasteiger partial charge in [-0.3, -0.25) is 4.79 Å². The van der Waals surface area contributed by atoms with Gasteiger partial charge < -0.3 is 10.6 Å². The molecule has 1 aromatic heterocycles. The Morgan fingerprint density at radius 2 is 1.76 bits per heavy atom. The van der Waals surface area contributed by atoms with Crippen molar-refractivity contribution in [2.75, 3.05) is 11.9 Å². The van der Waals surface area contributed by atoms with Gasteiger partial charge in [0.05, 0.1) is 5.56 Å². The number of hydrogen-bond donors (Lipinski definition) is 2. The van der Waals surface area contributed by atoms with Gasteiger partial charge in [0.15, 0.2) is 0 Å². The Kier molecular flexibility index (Phi) is 5.36. The fourth-order valence-corrected chi connectivity index (χ4v) is 2.13. The standard InChI is InChI=1S/C14H14Cl2N4O/c1-2-3-17-13(21)9-7-18-14(19-8-9)20-12-5-10(15)4-11(16)6-12/h4-8H,2-3H2,1H3,(H,17,21)(H,18,19,20). The van der Waals surface area contributed by atoms with Gasteiger partial charge in [-0.2, -0.15) is 0 Å². The van der Waals surface area contributed by atoms with Crippen LogP contribution in [0.5, 0.6) is 0 Å². The lowest BCUT2D eigenvalue weighted by atomic mass is 10.3. The molecule has 0 fully saturated rings. The van der Waals surface area contributed by atoms with Crippen LogP contribution in [0.1, 0.15) is 23.7 Å². The molecule has 0 radical (unpaired) electrons. The Balaban J connectivity index is 2.07. The van der Waals surface area contributed by atoms with Crippen LogP contribution in [0, 0.1) is 0 Å². The summed E-state index contributed by atoms with van der Waals surface area (Å²) < 4.78 is 0. The van der Waals surface area contributed by atoms with E-state index in [4.69, 9.17) is 23.2 Å². The van der Waals surface area contributed by atoms with E-state index in [1.807, 2.05) is 6.92 Å². The van der Waals surface area contributed by atoms with Crippen LogP contribution in [0.3, 0.4) is 0 Å². The molecule has 2 rings (SSSR count). The molecule has 1 aromatic carbocycles. The van der Waals surface area contributed by atoms with Crippen molar-refractivity contribution < 1.29 is 4.79 Å². The summed E-state index contributed by atoms with van der Waals surface area (Å²) in [5.41, 5.74) is 1.09. The lowest BCUT2D eigenvalue weighted by Crippen LogP contribution is -2.24. The molecular formula is C14H14Cl2N4O. The van der Waals surface area contributed by atoms with Crippen molar-refractivity contribution in [1.29, 1.82) is 0 Å². The maximum Gasteiger partial charge on any atom is 0.254 e. The fraction of sp³-hybridized carbons (Fsp3) is 0.214. The van der Waals surface area contributed by atoms with E-state index in [-0.39, 0.29) is 5.91 Å². The highest BCUT2D eigenvalue weighted by Crippen LogP contribution is 2.23. The Labute approximate surface area is 132 Å². The molecule has 110 valence electrons. The first-order chi connectivity index (χ1) is 10.1. The normalized spacial score (nSPS) is 10.2. The van der Waals surface area contributed by atoms with Gasteiger partial charge >= 0.3 is 0 Å². The van der Waals surface area contributed by atoms with Gasteiger partial charge in [0, 0.05) is 34.7 Å². The number of hydrogen-bond acceptors (Lipinski definition) is 4. The predicted molar refractivity (Wildman–Crippen MR) is 84.4 cm³/mol. The molecule has 0 bridgehead atoms. The molecule has 1 amide bonds. The highest BCUT2D eigenvalue weighted by molar-refractivity contribution is 6.35. The zero-order chi connectivity index (χ0) is 15.2. The maximum atomic E-state index is 11.7. The van der Waals surface area contributed by atoms with Crippen LogP contribution < -0.4 is 10.6 Å². The molecule has 0 aliphatic carbocycles. The van der Waals surface area contributed by atoms with E-state index in [0.717, 1.165) is 6.42 Å². The van der Waals surface area contributed by atoms with E-state index in [0.29, 0.717) is 33.8 Å². The van der Waals surface area contributed by atoms with Crippen LogP contribution in [0.4, 0.5) is 11.6 Å². The monoisotopic (exact) mass is 324 g/mol. The van der Waals surface area contributed by atoms with Crippen molar-refractivity contribution >= 4 is 40.7 Å². The maximum absolute atomic E-state index is 11.7. The lowest BCUT2D eigenvalue weighted by Gasteiger charge is -2.07. The number of amides is 1. The van der Waals surface area contributed by atoms with E-state index in [1.165, 1.54) is 12.4 Å². The third-order valence-electron chi connectivity index (χ3n) is 2.57. The van der Waals surface area contributed by atoms with Crippen LogP contribution in [0.15, 0.2) is 30.6 Å². The summed E-state index contributed by atoms with van der Waals surface area (Å²) in [4.78, 5) is 19.9. The van der Waals surface area contributed by atoms with Crippen LogP contribution in [0.25, 0.3) is 0 Å². The number of halogens is 2. The molecule has 2 N–H and O–H groups in total. The second-order valence-corrected chi connectivity index (χ2v) is 5.21. The zero-order valence-electron chi connectivity index (χ0n) is 11.4. The molecule has 5 nitrogen and oxygen atoms in total. The molecule has 0 saturated heterocycles. The predicted octanol–water partition coefficient (Wildman–Crippen LogP) is 3.67. The Morgan fingerprint density at radius 1 is 1.14 bits per heavy atom. The molecule has 0 unspecified atom stereocenters. The van der Waals surface area contributed by atoms with E-state index in [9.17, 15) is 4.79 Å². The van der Waals surface area contributed by atoms with Crippen LogP contribution in [-0.2, 0) is 0 Å². The van der Waals surface area contributed by atoms with Gasteiger partial charge in [0.1, 0.15) is 0 Å². The summed E-state index contributed by atoms with van der Waals surface area (Å²) in [6.07, 6.45) is 3.81. The summed E-state index contributed by atoms with van der Waals surface area (Å²) >= 11 is 11.8. The van der Waals surface area contributed by atoms with Crippen molar-refractivity contribution in [3.05, 3.63) is 46.2 Å². The summed E-state index contributed by atoms with van der Waals surface area (Å²) in [5.74, 6) is 0.176. The van der Waals surface area contributed by atoms with Crippen molar-refractivity contribution in [3.63, 3.8) is 0 Å². The number of rotatable bonds is 5. The summed E-state index contributed by atoms with van der Waals surface area (Å²) in [6.45, 7) is 2.61. The first kappa shape index (κ1) is 15.5. The van der Waals surface area contributed by atoms with Gasteiger partial charge in [-0.1, -0.05) is 30.1 Å². The van der Waals surface area contributed by atoms with Crippen LogP contribution >= 0.6 is 23.2 Å². The molecular weight excluding hydrogens is 311 g/mol.